The first-order chi connectivity index (χ1) is 9.79. The highest BCUT2D eigenvalue weighted by molar-refractivity contribution is 7.94. The highest BCUT2D eigenvalue weighted by Gasteiger charge is 2.21. The summed E-state index contributed by atoms with van der Waals surface area (Å²) in [6, 6.07) is 6.59. The molecule has 1 heterocycles. The Balaban J connectivity index is 2.37. The number of sulfonamides is 1. The van der Waals surface area contributed by atoms with Gasteiger partial charge in [-0.15, -0.1) is 11.3 Å². The SMILES string of the molecule is Cc1ccc(NS(=O)(=O)c2sccc2F)c(CN(C)C)c1. The topological polar surface area (TPSA) is 49.4 Å². The minimum atomic E-state index is -3.90. The first kappa shape index (κ1) is 15.9. The first-order valence-electron chi connectivity index (χ1n) is 6.29. The van der Waals surface area contributed by atoms with Crippen LogP contribution in [0.3, 0.4) is 0 Å². The Morgan fingerprint density at radius 2 is 2.00 bits per heavy atom. The van der Waals surface area contributed by atoms with E-state index in [0.29, 0.717) is 12.2 Å². The summed E-state index contributed by atoms with van der Waals surface area (Å²) in [5.41, 5.74) is 2.36. The summed E-state index contributed by atoms with van der Waals surface area (Å²) < 4.78 is 40.2. The molecule has 2 rings (SSSR count). The van der Waals surface area contributed by atoms with E-state index in [1.807, 2.05) is 38.1 Å². The molecule has 0 aliphatic carbocycles. The molecule has 0 amide bonds. The molecular formula is C14H17FN2O2S2. The number of rotatable bonds is 5. The third kappa shape index (κ3) is 3.81. The Labute approximate surface area is 128 Å². The molecule has 0 aliphatic rings. The predicted octanol–water partition coefficient (Wildman–Crippen LogP) is 3.06. The van der Waals surface area contributed by atoms with Crippen molar-refractivity contribution in [2.45, 2.75) is 17.7 Å². The van der Waals surface area contributed by atoms with Crippen LogP contribution in [0.15, 0.2) is 33.9 Å². The van der Waals surface area contributed by atoms with Crippen LogP contribution in [-0.2, 0) is 16.6 Å². The average molecular weight is 328 g/mol. The molecule has 1 aromatic heterocycles. The summed E-state index contributed by atoms with van der Waals surface area (Å²) >= 11 is 0.863. The van der Waals surface area contributed by atoms with E-state index in [9.17, 15) is 12.8 Å². The molecule has 7 heteroatoms. The zero-order chi connectivity index (χ0) is 15.6. The first-order valence-corrected chi connectivity index (χ1v) is 8.66. The molecule has 0 saturated heterocycles. The van der Waals surface area contributed by atoms with Crippen molar-refractivity contribution in [1.82, 2.24) is 4.90 Å². The summed E-state index contributed by atoms with van der Waals surface area (Å²) in [6.07, 6.45) is 0. The van der Waals surface area contributed by atoms with Gasteiger partial charge in [0.2, 0.25) is 0 Å². The molecule has 0 radical (unpaired) electrons. The molecule has 0 fully saturated rings. The maximum Gasteiger partial charge on any atom is 0.274 e. The number of benzene rings is 1. The smallest absolute Gasteiger partial charge is 0.274 e. The summed E-state index contributed by atoms with van der Waals surface area (Å²) in [5, 5.41) is 1.42. The number of nitrogens with zero attached hydrogens (tertiary/aromatic N) is 1. The maximum absolute atomic E-state index is 13.5. The number of thiophene rings is 1. The monoisotopic (exact) mass is 328 g/mol. The number of anilines is 1. The number of nitrogens with one attached hydrogen (secondary N) is 1. The molecule has 0 spiro atoms. The van der Waals surface area contributed by atoms with Crippen LogP contribution in [0.4, 0.5) is 10.1 Å². The van der Waals surface area contributed by atoms with Crippen LogP contribution < -0.4 is 4.72 Å². The fraction of sp³-hybridized carbons (Fsp3) is 0.286. The van der Waals surface area contributed by atoms with Crippen LogP contribution in [0, 0.1) is 12.7 Å². The fourth-order valence-corrected chi connectivity index (χ4v) is 4.15. The van der Waals surface area contributed by atoms with E-state index >= 15 is 0 Å². The van der Waals surface area contributed by atoms with Crippen molar-refractivity contribution in [1.29, 1.82) is 0 Å². The number of hydrogen-bond donors (Lipinski definition) is 1. The Bertz CT molecular complexity index is 739. The molecule has 0 unspecified atom stereocenters. The Hall–Kier alpha value is -1.44. The second-order valence-electron chi connectivity index (χ2n) is 5.06. The number of halogens is 1. The highest BCUT2D eigenvalue weighted by Crippen LogP contribution is 2.26. The van der Waals surface area contributed by atoms with Crippen molar-refractivity contribution in [3.63, 3.8) is 0 Å². The van der Waals surface area contributed by atoms with Crippen LogP contribution in [0.5, 0.6) is 0 Å². The van der Waals surface area contributed by atoms with E-state index in [2.05, 4.69) is 4.72 Å². The Morgan fingerprint density at radius 3 is 2.57 bits per heavy atom. The molecular weight excluding hydrogens is 311 g/mol. The largest absolute Gasteiger partial charge is 0.305 e. The van der Waals surface area contributed by atoms with Crippen molar-refractivity contribution in [2.75, 3.05) is 18.8 Å². The average Bonchev–Trinajstić information content (AvgIpc) is 2.79. The van der Waals surface area contributed by atoms with E-state index in [1.165, 1.54) is 5.38 Å². The lowest BCUT2D eigenvalue weighted by Crippen LogP contribution is -2.17. The van der Waals surface area contributed by atoms with Crippen LogP contribution in [0.25, 0.3) is 0 Å². The number of hydrogen-bond acceptors (Lipinski definition) is 4. The second-order valence-corrected chi connectivity index (χ2v) is 7.85. The van der Waals surface area contributed by atoms with Crippen molar-refractivity contribution in [3.8, 4) is 0 Å². The highest BCUT2D eigenvalue weighted by atomic mass is 32.2. The third-order valence-electron chi connectivity index (χ3n) is 2.82. The summed E-state index contributed by atoms with van der Waals surface area (Å²) in [6.45, 7) is 2.53. The van der Waals surface area contributed by atoms with E-state index in [0.717, 1.165) is 28.5 Å². The van der Waals surface area contributed by atoms with Crippen LogP contribution in [0.2, 0.25) is 0 Å². The second kappa shape index (κ2) is 6.13. The van der Waals surface area contributed by atoms with Gasteiger partial charge in [-0.1, -0.05) is 17.7 Å². The number of aryl methyl sites for hydroxylation is 1. The molecule has 0 saturated carbocycles. The van der Waals surface area contributed by atoms with Crippen molar-refractivity contribution >= 4 is 27.0 Å². The lowest BCUT2D eigenvalue weighted by molar-refractivity contribution is 0.403. The van der Waals surface area contributed by atoms with Gasteiger partial charge in [0.1, 0.15) is 0 Å². The molecule has 0 bridgehead atoms. The maximum atomic E-state index is 13.5. The summed E-state index contributed by atoms with van der Waals surface area (Å²) in [5.74, 6) is -0.728. The Morgan fingerprint density at radius 1 is 1.29 bits per heavy atom. The van der Waals surface area contributed by atoms with Gasteiger partial charge in [0.15, 0.2) is 10.0 Å². The molecule has 0 atom stereocenters. The van der Waals surface area contributed by atoms with Crippen LogP contribution in [-0.4, -0.2) is 27.4 Å². The normalized spacial score (nSPS) is 11.9. The zero-order valence-corrected chi connectivity index (χ0v) is 13.7. The van der Waals surface area contributed by atoms with E-state index in [4.69, 9.17) is 0 Å². The fourth-order valence-electron chi connectivity index (χ4n) is 1.96. The van der Waals surface area contributed by atoms with Gasteiger partial charge < -0.3 is 4.90 Å². The van der Waals surface area contributed by atoms with Crippen LogP contribution >= 0.6 is 11.3 Å². The zero-order valence-electron chi connectivity index (χ0n) is 12.1. The lowest BCUT2D eigenvalue weighted by atomic mass is 10.1. The third-order valence-corrected chi connectivity index (χ3v) is 5.62. The molecule has 2 aromatic rings. The van der Waals surface area contributed by atoms with Gasteiger partial charge in [0, 0.05) is 6.54 Å². The van der Waals surface area contributed by atoms with Gasteiger partial charge in [-0.2, -0.15) is 0 Å². The quantitative estimate of drug-likeness (QED) is 0.918. The van der Waals surface area contributed by atoms with Crippen molar-refractivity contribution in [2.24, 2.45) is 0 Å². The van der Waals surface area contributed by atoms with E-state index in [1.54, 1.807) is 6.07 Å². The van der Waals surface area contributed by atoms with Crippen molar-refractivity contribution < 1.29 is 12.8 Å². The Kier molecular flexibility index (Phi) is 4.65. The summed E-state index contributed by atoms with van der Waals surface area (Å²) in [7, 11) is -0.0921. The van der Waals surface area contributed by atoms with E-state index in [-0.39, 0.29) is 4.21 Å². The van der Waals surface area contributed by atoms with Gasteiger partial charge in [-0.3, -0.25) is 4.72 Å². The molecule has 1 N–H and O–H groups in total. The molecule has 4 nitrogen and oxygen atoms in total. The van der Waals surface area contributed by atoms with Gasteiger partial charge in [0.05, 0.1) is 5.69 Å². The molecule has 114 valence electrons. The molecule has 0 aliphatic heterocycles. The molecule has 1 aromatic carbocycles. The van der Waals surface area contributed by atoms with Gasteiger partial charge in [-0.05, 0) is 44.1 Å². The van der Waals surface area contributed by atoms with E-state index < -0.39 is 15.8 Å². The van der Waals surface area contributed by atoms with Gasteiger partial charge in [0.25, 0.3) is 10.0 Å². The lowest BCUT2D eigenvalue weighted by Gasteiger charge is -2.16. The molecule has 21 heavy (non-hydrogen) atoms. The summed E-state index contributed by atoms with van der Waals surface area (Å²) in [4.78, 5) is 1.94. The predicted molar refractivity (Wildman–Crippen MR) is 83.7 cm³/mol. The van der Waals surface area contributed by atoms with Gasteiger partial charge >= 0.3 is 0 Å². The minimum Gasteiger partial charge on any atom is -0.305 e. The minimum absolute atomic E-state index is 0.293. The van der Waals surface area contributed by atoms with Crippen LogP contribution in [0.1, 0.15) is 11.1 Å². The van der Waals surface area contributed by atoms with Gasteiger partial charge in [-0.25, -0.2) is 12.8 Å². The van der Waals surface area contributed by atoms with Crippen molar-refractivity contribution in [3.05, 3.63) is 46.6 Å². The standard InChI is InChI=1S/C14H17FN2O2S2/c1-10-4-5-13(11(8-10)9-17(2)3)16-21(18,19)14-12(15)6-7-20-14/h4-8,16H,9H2,1-3H3.